The molecule has 1 unspecified atom stereocenters. The van der Waals surface area contributed by atoms with Crippen LogP contribution in [0.3, 0.4) is 0 Å². The van der Waals surface area contributed by atoms with Crippen molar-refractivity contribution in [3.63, 3.8) is 0 Å². The Kier molecular flexibility index (Phi) is 3.69. The molecular weight excluding hydrogens is 343 g/mol. The molecule has 2 amide bonds. The third-order valence-corrected chi connectivity index (χ3v) is 4.44. The van der Waals surface area contributed by atoms with E-state index in [4.69, 9.17) is 23.2 Å². The highest BCUT2D eigenvalue weighted by atomic mass is 35.5. The number of nitrogens with one attached hydrogen (secondary N) is 2. The first-order valence-electron chi connectivity index (χ1n) is 6.64. The number of nitrogens with zero attached hydrogens (tertiary/aromatic N) is 2. The van der Waals surface area contributed by atoms with Gasteiger partial charge in [0.05, 0.1) is 11.6 Å². The first kappa shape index (κ1) is 15.6. The minimum atomic E-state index is -0.856. The minimum absolute atomic E-state index is 0.128. The zero-order chi connectivity index (χ0) is 16.9. The number of fused-ring (bicyclic) bond motifs is 1. The lowest BCUT2D eigenvalue weighted by atomic mass is 9.98. The molecule has 9 heteroatoms. The Morgan fingerprint density at radius 2 is 1.61 bits per heavy atom. The molecule has 0 radical (unpaired) electrons. The predicted molar refractivity (Wildman–Crippen MR) is 87.4 cm³/mol. The first-order chi connectivity index (χ1) is 10.8. The molecular formula is C14H12Cl2N4O3. The van der Waals surface area contributed by atoms with Crippen LogP contribution in [0.25, 0.3) is 0 Å². The molecule has 120 valence electrons. The standard InChI is InChI=1S/C14H12Cl2N4O3/c1-19-11-9(12(21)20(2)14(19)23)10(17-13(22)18-11)8-6(15)4-3-5-7(8)16/h3-5,10H,1-2H3,(H2,17,18,22). The second-order valence-electron chi connectivity index (χ2n) is 5.13. The Morgan fingerprint density at radius 3 is 2.22 bits per heavy atom. The molecule has 2 N–H and O–H groups in total. The van der Waals surface area contributed by atoms with Crippen molar-refractivity contribution in [3.8, 4) is 0 Å². The molecule has 1 aromatic carbocycles. The van der Waals surface area contributed by atoms with Crippen LogP contribution < -0.4 is 21.9 Å². The van der Waals surface area contributed by atoms with Crippen molar-refractivity contribution in [1.82, 2.24) is 14.5 Å². The third-order valence-electron chi connectivity index (χ3n) is 3.78. The quantitative estimate of drug-likeness (QED) is 0.815. The van der Waals surface area contributed by atoms with Crippen LogP contribution in [-0.4, -0.2) is 15.2 Å². The van der Waals surface area contributed by atoms with E-state index in [2.05, 4.69) is 10.6 Å². The van der Waals surface area contributed by atoms with E-state index >= 15 is 0 Å². The van der Waals surface area contributed by atoms with E-state index in [0.29, 0.717) is 15.6 Å². The molecule has 2 aromatic rings. The number of amides is 2. The van der Waals surface area contributed by atoms with Gasteiger partial charge in [0.15, 0.2) is 0 Å². The molecule has 0 fully saturated rings. The average molecular weight is 355 g/mol. The zero-order valence-electron chi connectivity index (χ0n) is 12.2. The van der Waals surface area contributed by atoms with Crippen LogP contribution in [0.4, 0.5) is 10.6 Å². The Labute approximate surface area is 140 Å². The lowest BCUT2D eigenvalue weighted by molar-refractivity contribution is 0.248. The van der Waals surface area contributed by atoms with Crippen molar-refractivity contribution in [1.29, 1.82) is 0 Å². The molecule has 1 aliphatic rings. The molecule has 7 nitrogen and oxygen atoms in total. The Morgan fingerprint density at radius 1 is 1.00 bits per heavy atom. The molecule has 1 atom stereocenters. The summed E-state index contributed by atoms with van der Waals surface area (Å²) >= 11 is 12.4. The van der Waals surface area contributed by atoms with E-state index in [9.17, 15) is 14.4 Å². The fraction of sp³-hybridized carbons (Fsp3) is 0.214. The molecule has 0 saturated heterocycles. The van der Waals surface area contributed by atoms with Gasteiger partial charge < -0.3 is 5.32 Å². The van der Waals surface area contributed by atoms with Crippen molar-refractivity contribution >= 4 is 35.1 Å². The van der Waals surface area contributed by atoms with Crippen molar-refractivity contribution < 1.29 is 4.79 Å². The van der Waals surface area contributed by atoms with Crippen molar-refractivity contribution in [2.45, 2.75) is 6.04 Å². The van der Waals surface area contributed by atoms with E-state index in [0.717, 1.165) is 4.57 Å². The molecule has 23 heavy (non-hydrogen) atoms. The summed E-state index contributed by atoms with van der Waals surface area (Å²) in [7, 11) is 2.84. The van der Waals surface area contributed by atoms with Gasteiger partial charge in [-0.25, -0.2) is 9.59 Å². The summed E-state index contributed by atoms with van der Waals surface area (Å²) in [6, 6.07) is 3.48. The van der Waals surface area contributed by atoms with Gasteiger partial charge in [0.1, 0.15) is 5.82 Å². The normalized spacial score (nSPS) is 16.5. The molecule has 2 heterocycles. The highest BCUT2D eigenvalue weighted by molar-refractivity contribution is 6.36. The zero-order valence-corrected chi connectivity index (χ0v) is 13.7. The largest absolute Gasteiger partial charge is 0.332 e. The highest BCUT2D eigenvalue weighted by Crippen LogP contribution is 2.36. The first-order valence-corrected chi connectivity index (χ1v) is 7.40. The second-order valence-corrected chi connectivity index (χ2v) is 5.95. The summed E-state index contributed by atoms with van der Waals surface area (Å²) in [5, 5.41) is 5.75. The number of halogens is 2. The van der Waals surface area contributed by atoms with Gasteiger partial charge >= 0.3 is 11.7 Å². The van der Waals surface area contributed by atoms with Crippen molar-refractivity contribution in [3.05, 3.63) is 60.2 Å². The van der Waals surface area contributed by atoms with Crippen LogP contribution in [0, 0.1) is 0 Å². The topological polar surface area (TPSA) is 85.1 Å². The van der Waals surface area contributed by atoms with E-state index in [1.807, 2.05) is 0 Å². The number of hydrogen-bond donors (Lipinski definition) is 2. The SMILES string of the molecule is Cn1c2c(c(=O)n(C)c1=O)C(c1c(Cl)cccc1Cl)NC(=O)N2. The van der Waals surface area contributed by atoms with E-state index in [1.165, 1.54) is 18.7 Å². The summed E-state index contributed by atoms with van der Waals surface area (Å²) in [6.45, 7) is 0. The van der Waals surface area contributed by atoms with Crippen molar-refractivity contribution in [2.75, 3.05) is 5.32 Å². The highest BCUT2D eigenvalue weighted by Gasteiger charge is 2.33. The molecule has 1 aromatic heterocycles. The van der Waals surface area contributed by atoms with Gasteiger partial charge in [0, 0.05) is 29.7 Å². The number of aromatic nitrogens is 2. The molecule has 0 bridgehead atoms. The van der Waals surface area contributed by atoms with Gasteiger partial charge in [-0.3, -0.25) is 19.2 Å². The summed E-state index contributed by atoms with van der Waals surface area (Å²) in [6.07, 6.45) is 0. The van der Waals surface area contributed by atoms with Gasteiger partial charge in [-0.05, 0) is 12.1 Å². The molecule has 0 aliphatic carbocycles. The Bertz CT molecular complexity index is 928. The number of benzene rings is 1. The number of carbonyl (C=O) groups is 1. The number of anilines is 1. The molecule has 0 saturated carbocycles. The number of carbonyl (C=O) groups excluding carboxylic acids is 1. The second kappa shape index (κ2) is 5.43. The summed E-state index contributed by atoms with van der Waals surface area (Å²) in [4.78, 5) is 36.6. The maximum Gasteiger partial charge on any atom is 0.332 e. The molecule has 1 aliphatic heterocycles. The number of urea groups is 1. The van der Waals surface area contributed by atoms with Gasteiger partial charge in [-0.2, -0.15) is 0 Å². The fourth-order valence-electron chi connectivity index (χ4n) is 2.63. The lowest BCUT2D eigenvalue weighted by Gasteiger charge is -2.29. The molecule has 0 spiro atoms. The Balaban J connectivity index is 2.39. The maximum atomic E-state index is 12.6. The van der Waals surface area contributed by atoms with E-state index in [1.54, 1.807) is 18.2 Å². The van der Waals surface area contributed by atoms with E-state index < -0.39 is 23.3 Å². The smallest absolute Gasteiger partial charge is 0.326 e. The predicted octanol–water partition coefficient (Wildman–Crippen LogP) is 1.62. The van der Waals surface area contributed by atoms with Gasteiger partial charge in [-0.15, -0.1) is 0 Å². The maximum absolute atomic E-state index is 12.6. The summed E-state index contributed by atoms with van der Waals surface area (Å²) in [5.41, 5.74) is -0.469. The van der Waals surface area contributed by atoms with Gasteiger partial charge in [0.2, 0.25) is 0 Å². The fourth-order valence-corrected chi connectivity index (χ4v) is 3.25. The molecule has 3 rings (SSSR count). The van der Waals surface area contributed by atoms with Crippen LogP contribution in [0.1, 0.15) is 17.2 Å². The van der Waals surface area contributed by atoms with Crippen LogP contribution in [-0.2, 0) is 14.1 Å². The minimum Gasteiger partial charge on any atom is -0.326 e. The van der Waals surface area contributed by atoms with Crippen LogP contribution in [0.2, 0.25) is 10.0 Å². The third kappa shape index (κ3) is 2.32. The van der Waals surface area contributed by atoms with Crippen LogP contribution >= 0.6 is 23.2 Å². The average Bonchev–Trinajstić information content (AvgIpc) is 2.50. The number of rotatable bonds is 1. The summed E-state index contributed by atoms with van der Waals surface area (Å²) in [5.74, 6) is 0.128. The monoisotopic (exact) mass is 354 g/mol. The lowest BCUT2D eigenvalue weighted by Crippen LogP contribution is -2.49. The van der Waals surface area contributed by atoms with Crippen LogP contribution in [0.15, 0.2) is 27.8 Å². The van der Waals surface area contributed by atoms with Crippen LogP contribution in [0.5, 0.6) is 0 Å². The van der Waals surface area contributed by atoms with E-state index in [-0.39, 0.29) is 11.4 Å². The number of hydrogen-bond acceptors (Lipinski definition) is 3. The Hall–Kier alpha value is -2.25. The van der Waals surface area contributed by atoms with Crippen molar-refractivity contribution in [2.24, 2.45) is 14.1 Å². The van der Waals surface area contributed by atoms with Gasteiger partial charge in [-0.1, -0.05) is 29.3 Å². The van der Waals surface area contributed by atoms with Gasteiger partial charge in [0.25, 0.3) is 5.56 Å². The summed E-state index contributed by atoms with van der Waals surface area (Å²) < 4.78 is 2.17.